The number of halogens is 5. The van der Waals surface area contributed by atoms with Crippen LogP contribution in [-0.2, 0) is 0 Å². The van der Waals surface area contributed by atoms with E-state index in [2.05, 4.69) is 0 Å². The van der Waals surface area contributed by atoms with E-state index in [1.54, 1.807) is 6.92 Å². The second kappa shape index (κ2) is 4.65. The summed E-state index contributed by atoms with van der Waals surface area (Å²) in [7, 11) is 0. The van der Waals surface area contributed by atoms with Crippen molar-refractivity contribution < 1.29 is 0 Å². The molecule has 0 radical (unpaired) electrons. The van der Waals surface area contributed by atoms with Crippen molar-refractivity contribution in [2.75, 3.05) is 0 Å². The number of hydrogen-bond acceptors (Lipinski definition) is 1. The zero-order valence-corrected chi connectivity index (χ0v) is 10.8. The molecule has 2 N–H and O–H groups in total. The molecule has 0 heterocycles. The third-order valence-electron chi connectivity index (χ3n) is 1.70. The Bertz CT molecular complexity index is 345. The van der Waals surface area contributed by atoms with Crippen molar-refractivity contribution in [3.63, 3.8) is 0 Å². The van der Waals surface area contributed by atoms with Gasteiger partial charge >= 0.3 is 0 Å². The molecule has 78 valence electrons. The van der Waals surface area contributed by atoms with Gasteiger partial charge in [0.25, 0.3) is 0 Å². The molecule has 1 atom stereocenters. The van der Waals surface area contributed by atoms with Crippen LogP contribution in [0.2, 0.25) is 25.1 Å². The first-order valence-corrected chi connectivity index (χ1v) is 5.53. The smallest absolute Gasteiger partial charge is 0.0809 e. The molecule has 0 aliphatic rings. The molecule has 6 heteroatoms. The van der Waals surface area contributed by atoms with Crippen molar-refractivity contribution in [2.24, 2.45) is 5.73 Å². The molecule has 0 saturated heterocycles. The fourth-order valence-electron chi connectivity index (χ4n) is 1.02. The molecule has 0 saturated carbocycles. The van der Waals surface area contributed by atoms with Gasteiger partial charge in [-0.3, -0.25) is 0 Å². The van der Waals surface area contributed by atoms with Crippen LogP contribution in [0.5, 0.6) is 0 Å². The molecular weight excluding hydrogens is 287 g/mol. The van der Waals surface area contributed by atoms with Crippen LogP contribution in [0.15, 0.2) is 0 Å². The summed E-state index contributed by atoms with van der Waals surface area (Å²) >= 11 is 29.3. The lowest BCUT2D eigenvalue weighted by molar-refractivity contribution is 0.819. The van der Waals surface area contributed by atoms with Crippen molar-refractivity contribution in [1.29, 1.82) is 0 Å². The second-order valence-electron chi connectivity index (χ2n) is 2.77. The molecule has 0 aliphatic carbocycles. The predicted molar refractivity (Wildman–Crippen MR) is 64.1 cm³/mol. The van der Waals surface area contributed by atoms with E-state index < -0.39 is 0 Å². The molecule has 0 unspecified atom stereocenters. The maximum Gasteiger partial charge on any atom is 0.0809 e. The molecule has 1 nitrogen and oxygen atoms in total. The molecule has 0 spiro atoms. The first-order chi connectivity index (χ1) is 6.37. The summed E-state index contributed by atoms with van der Waals surface area (Å²) in [6, 6.07) is -0.359. The molecule has 0 amide bonds. The third kappa shape index (κ3) is 2.08. The minimum atomic E-state index is -0.359. The molecule has 1 rings (SSSR count). The van der Waals surface area contributed by atoms with Crippen molar-refractivity contribution >= 4 is 58.0 Å². The Kier molecular flexibility index (Phi) is 4.22. The average Bonchev–Trinajstić information content (AvgIpc) is 2.11. The van der Waals surface area contributed by atoms with Crippen molar-refractivity contribution in [3.8, 4) is 0 Å². The fraction of sp³-hybridized carbons (Fsp3) is 0.250. The average molecular weight is 293 g/mol. The SMILES string of the molecule is C[C@H](N)c1c(Cl)c(Cl)c(Cl)c(Cl)c1Cl. The van der Waals surface area contributed by atoms with Crippen LogP contribution in [0.25, 0.3) is 0 Å². The predicted octanol–water partition coefficient (Wildman–Crippen LogP) is 4.97. The molecule has 0 fully saturated rings. The van der Waals surface area contributed by atoms with Crippen LogP contribution in [0.4, 0.5) is 0 Å². The van der Waals surface area contributed by atoms with Crippen molar-refractivity contribution in [1.82, 2.24) is 0 Å². The standard InChI is InChI=1S/C8H6Cl5N/c1-2(14)3-4(9)6(11)8(13)7(12)5(3)10/h2H,14H2,1H3/t2-/m0/s1. The maximum atomic E-state index is 5.93. The summed E-state index contributed by atoms with van der Waals surface area (Å²) in [5, 5.41) is 1.000. The Morgan fingerprint density at radius 3 is 1.36 bits per heavy atom. The molecule has 1 aromatic rings. The lowest BCUT2D eigenvalue weighted by Crippen LogP contribution is -2.07. The Labute approximate surface area is 107 Å². The summed E-state index contributed by atoms with van der Waals surface area (Å²) in [6.07, 6.45) is 0. The Balaban J connectivity index is 3.60. The molecule has 14 heavy (non-hydrogen) atoms. The zero-order valence-electron chi connectivity index (χ0n) is 7.04. The quantitative estimate of drug-likeness (QED) is 0.574. The van der Waals surface area contributed by atoms with Crippen molar-refractivity contribution in [2.45, 2.75) is 13.0 Å². The Hall–Kier alpha value is 0.630. The minimum absolute atomic E-state index is 0.146. The third-order valence-corrected chi connectivity index (χ3v) is 4.01. The molecule has 0 aliphatic heterocycles. The summed E-state index contributed by atoms with van der Waals surface area (Å²) in [5.74, 6) is 0. The van der Waals surface area contributed by atoms with E-state index in [-0.39, 0.29) is 31.2 Å². The molecule has 0 aromatic heterocycles. The highest BCUT2D eigenvalue weighted by Crippen LogP contribution is 2.45. The number of nitrogens with two attached hydrogens (primary N) is 1. The monoisotopic (exact) mass is 291 g/mol. The molecule has 1 aromatic carbocycles. The van der Waals surface area contributed by atoms with Crippen LogP contribution in [0.1, 0.15) is 18.5 Å². The molecular formula is C8H6Cl5N. The van der Waals surface area contributed by atoms with Gasteiger partial charge in [-0.25, -0.2) is 0 Å². The van der Waals surface area contributed by atoms with Gasteiger partial charge in [0.15, 0.2) is 0 Å². The van der Waals surface area contributed by atoms with E-state index in [9.17, 15) is 0 Å². The first kappa shape index (κ1) is 12.7. The van der Waals surface area contributed by atoms with Crippen LogP contribution in [-0.4, -0.2) is 0 Å². The van der Waals surface area contributed by atoms with Gasteiger partial charge in [0, 0.05) is 11.6 Å². The summed E-state index contributed by atoms with van der Waals surface area (Å²) < 4.78 is 0. The van der Waals surface area contributed by atoms with Gasteiger partial charge < -0.3 is 5.73 Å². The summed E-state index contributed by atoms with van der Waals surface area (Å²) in [6.45, 7) is 1.73. The van der Waals surface area contributed by atoms with Crippen molar-refractivity contribution in [3.05, 3.63) is 30.7 Å². The van der Waals surface area contributed by atoms with Gasteiger partial charge in [-0.15, -0.1) is 0 Å². The maximum absolute atomic E-state index is 5.93. The van der Waals surface area contributed by atoms with E-state index in [1.807, 2.05) is 0 Å². The van der Waals surface area contributed by atoms with E-state index in [1.165, 1.54) is 0 Å². The van der Waals surface area contributed by atoms with E-state index >= 15 is 0 Å². The van der Waals surface area contributed by atoms with Crippen LogP contribution >= 0.6 is 58.0 Å². The normalized spacial score (nSPS) is 13.1. The highest BCUT2D eigenvalue weighted by Gasteiger charge is 2.20. The van der Waals surface area contributed by atoms with E-state index in [0.717, 1.165) is 0 Å². The Morgan fingerprint density at radius 1 is 0.786 bits per heavy atom. The van der Waals surface area contributed by atoms with Gasteiger partial charge in [-0.2, -0.15) is 0 Å². The van der Waals surface area contributed by atoms with Gasteiger partial charge in [0.1, 0.15) is 0 Å². The Morgan fingerprint density at radius 2 is 1.07 bits per heavy atom. The highest BCUT2D eigenvalue weighted by atomic mass is 35.5. The van der Waals surface area contributed by atoms with Gasteiger partial charge in [-0.1, -0.05) is 58.0 Å². The van der Waals surface area contributed by atoms with Crippen LogP contribution in [0.3, 0.4) is 0 Å². The van der Waals surface area contributed by atoms with Gasteiger partial charge in [0.05, 0.1) is 25.1 Å². The van der Waals surface area contributed by atoms with Gasteiger partial charge in [0.2, 0.25) is 0 Å². The second-order valence-corrected chi connectivity index (χ2v) is 4.66. The fourth-order valence-corrected chi connectivity index (χ4v) is 2.52. The molecule has 0 bridgehead atoms. The number of rotatable bonds is 1. The topological polar surface area (TPSA) is 26.0 Å². The zero-order chi connectivity index (χ0) is 11.0. The van der Waals surface area contributed by atoms with E-state index in [0.29, 0.717) is 5.56 Å². The summed E-state index contributed by atoms with van der Waals surface area (Å²) in [5.41, 5.74) is 6.18. The lowest BCUT2D eigenvalue weighted by atomic mass is 10.1. The lowest BCUT2D eigenvalue weighted by Gasteiger charge is -2.14. The van der Waals surface area contributed by atoms with Gasteiger partial charge in [-0.05, 0) is 6.92 Å². The van der Waals surface area contributed by atoms with Crippen LogP contribution in [0, 0.1) is 0 Å². The summed E-state index contributed by atoms with van der Waals surface area (Å²) in [4.78, 5) is 0. The minimum Gasteiger partial charge on any atom is -0.324 e. The largest absolute Gasteiger partial charge is 0.324 e. The number of benzene rings is 1. The first-order valence-electron chi connectivity index (χ1n) is 3.64. The number of hydrogen-bond donors (Lipinski definition) is 1. The highest BCUT2D eigenvalue weighted by molar-refractivity contribution is 6.55. The van der Waals surface area contributed by atoms with Crippen LogP contribution < -0.4 is 5.73 Å². The van der Waals surface area contributed by atoms with E-state index in [4.69, 9.17) is 63.7 Å².